The molecule has 0 radical (unpaired) electrons. The van der Waals surface area contributed by atoms with E-state index >= 15 is 0 Å². The van der Waals surface area contributed by atoms with Crippen molar-refractivity contribution in [2.75, 3.05) is 19.6 Å². The van der Waals surface area contributed by atoms with Crippen molar-refractivity contribution in [1.29, 1.82) is 0 Å². The number of nitrogens with one attached hydrogen (secondary N) is 2. The van der Waals surface area contributed by atoms with E-state index in [9.17, 15) is 0 Å². The van der Waals surface area contributed by atoms with E-state index in [1.54, 1.807) is 0 Å². The van der Waals surface area contributed by atoms with E-state index in [1.807, 2.05) is 11.8 Å². The molecule has 0 aromatic heterocycles. The third-order valence-corrected chi connectivity index (χ3v) is 4.49. The van der Waals surface area contributed by atoms with Gasteiger partial charge >= 0.3 is 0 Å². The summed E-state index contributed by atoms with van der Waals surface area (Å²) in [6.45, 7) is 7.75. The van der Waals surface area contributed by atoms with E-state index < -0.39 is 0 Å². The van der Waals surface area contributed by atoms with E-state index in [4.69, 9.17) is 0 Å². The summed E-state index contributed by atoms with van der Waals surface area (Å²) in [5, 5.41) is 7.74. The Morgan fingerprint density at radius 2 is 2.11 bits per heavy atom. The molecule has 0 spiro atoms. The first-order valence-electron chi connectivity index (χ1n) is 6.94. The second-order valence-electron chi connectivity index (χ2n) is 5.22. The van der Waals surface area contributed by atoms with Crippen LogP contribution in [-0.2, 0) is 6.42 Å². The van der Waals surface area contributed by atoms with Gasteiger partial charge in [0.15, 0.2) is 0 Å². The fourth-order valence-corrected chi connectivity index (χ4v) is 3.52. The molecule has 2 rings (SSSR count). The largest absolute Gasteiger partial charge is 0.316 e. The Morgan fingerprint density at radius 1 is 1.28 bits per heavy atom. The molecular weight excluding hydrogens is 240 g/mol. The molecule has 2 nitrogen and oxygen atoms in total. The molecule has 100 valence electrons. The summed E-state index contributed by atoms with van der Waals surface area (Å²) in [4.78, 5) is 1.48. The molecule has 0 bridgehead atoms. The normalized spacial score (nSPS) is 18.3. The molecular formula is C15H24N2S. The summed E-state index contributed by atoms with van der Waals surface area (Å²) in [6.07, 6.45) is 2.43. The highest BCUT2D eigenvalue weighted by Crippen LogP contribution is 2.36. The smallest absolute Gasteiger partial charge is 0.0260 e. The van der Waals surface area contributed by atoms with Crippen molar-refractivity contribution in [3.05, 3.63) is 29.8 Å². The van der Waals surface area contributed by atoms with Crippen molar-refractivity contribution < 1.29 is 0 Å². The van der Waals surface area contributed by atoms with E-state index in [0.717, 1.165) is 24.9 Å². The Labute approximate surface area is 115 Å². The van der Waals surface area contributed by atoms with Crippen LogP contribution >= 0.6 is 11.8 Å². The highest BCUT2D eigenvalue weighted by molar-refractivity contribution is 8.00. The lowest BCUT2D eigenvalue weighted by Gasteiger charge is -2.11. The zero-order valence-electron chi connectivity index (χ0n) is 11.4. The highest BCUT2D eigenvalue weighted by Gasteiger charge is 2.20. The lowest BCUT2D eigenvalue weighted by Crippen LogP contribution is -2.29. The van der Waals surface area contributed by atoms with Gasteiger partial charge in [-0.1, -0.05) is 32.0 Å². The zero-order valence-corrected chi connectivity index (χ0v) is 12.2. The lowest BCUT2D eigenvalue weighted by molar-refractivity contribution is 0.546. The number of hydrogen-bond acceptors (Lipinski definition) is 3. The molecule has 0 amide bonds. The van der Waals surface area contributed by atoms with E-state index in [-0.39, 0.29) is 0 Å². The van der Waals surface area contributed by atoms with Gasteiger partial charge in [0.25, 0.3) is 0 Å². The predicted molar refractivity (Wildman–Crippen MR) is 80.4 cm³/mol. The second-order valence-corrected chi connectivity index (χ2v) is 6.56. The van der Waals surface area contributed by atoms with Crippen molar-refractivity contribution in [2.24, 2.45) is 0 Å². The van der Waals surface area contributed by atoms with Crippen molar-refractivity contribution in [2.45, 2.75) is 42.9 Å². The summed E-state index contributed by atoms with van der Waals surface area (Å²) in [5.74, 6) is 0. The van der Waals surface area contributed by atoms with E-state index in [0.29, 0.717) is 6.04 Å². The van der Waals surface area contributed by atoms with Crippen molar-refractivity contribution in [3.63, 3.8) is 0 Å². The van der Waals surface area contributed by atoms with Gasteiger partial charge in [-0.25, -0.2) is 0 Å². The summed E-state index contributed by atoms with van der Waals surface area (Å²) in [5.41, 5.74) is 1.52. The van der Waals surface area contributed by atoms with Crippen LogP contribution in [0.3, 0.4) is 0 Å². The summed E-state index contributed by atoms with van der Waals surface area (Å²) < 4.78 is 0. The van der Waals surface area contributed by atoms with Crippen LogP contribution in [0.15, 0.2) is 29.2 Å². The molecule has 0 saturated carbocycles. The van der Waals surface area contributed by atoms with Crippen LogP contribution in [0, 0.1) is 0 Å². The zero-order chi connectivity index (χ0) is 12.8. The molecule has 0 aliphatic carbocycles. The van der Waals surface area contributed by atoms with Gasteiger partial charge in [0.2, 0.25) is 0 Å². The molecule has 0 fully saturated rings. The molecule has 3 heteroatoms. The average molecular weight is 264 g/mol. The fraction of sp³-hybridized carbons (Fsp3) is 0.600. The molecule has 0 saturated heterocycles. The number of thioether (sulfide) groups is 1. The van der Waals surface area contributed by atoms with Crippen LogP contribution in [-0.4, -0.2) is 30.9 Å². The van der Waals surface area contributed by atoms with Crippen molar-refractivity contribution >= 4 is 11.8 Å². The average Bonchev–Trinajstić information content (AvgIpc) is 2.75. The van der Waals surface area contributed by atoms with Gasteiger partial charge in [-0.15, -0.1) is 11.8 Å². The Kier molecular flexibility index (Phi) is 5.54. The van der Waals surface area contributed by atoms with Gasteiger partial charge < -0.3 is 10.6 Å². The molecule has 18 heavy (non-hydrogen) atoms. The first-order valence-corrected chi connectivity index (χ1v) is 7.82. The van der Waals surface area contributed by atoms with Gasteiger partial charge in [-0.3, -0.25) is 0 Å². The van der Waals surface area contributed by atoms with Gasteiger partial charge in [-0.2, -0.15) is 0 Å². The molecule has 1 aliphatic heterocycles. The number of benzene rings is 1. The van der Waals surface area contributed by atoms with Gasteiger partial charge in [-0.05, 0) is 37.6 Å². The molecule has 1 heterocycles. The lowest BCUT2D eigenvalue weighted by atomic mass is 10.1. The van der Waals surface area contributed by atoms with E-state index in [1.165, 1.54) is 23.3 Å². The molecule has 2 N–H and O–H groups in total. The maximum absolute atomic E-state index is 3.58. The third kappa shape index (κ3) is 4.30. The highest BCUT2D eigenvalue weighted by atomic mass is 32.2. The molecule has 1 aromatic carbocycles. The van der Waals surface area contributed by atoms with Crippen molar-refractivity contribution in [3.8, 4) is 0 Å². The maximum Gasteiger partial charge on any atom is 0.0260 e. The summed E-state index contributed by atoms with van der Waals surface area (Å²) in [7, 11) is 0. The monoisotopic (exact) mass is 264 g/mol. The fourth-order valence-electron chi connectivity index (χ4n) is 2.23. The van der Waals surface area contributed by atoms with Crippen LogP contribution in [0.25, 0.3) is 0 Å². The number of hydrogen-bond donors (Lipinski definition) is 2. The third-order valence-electron chi connectivity index (χ3n) is 3.17. The molecule has 1 aliphatic rings. The second kappa shape index (κ2) is 7.17. The molecule has 1 atom stereocenters. The Balaban J connectivity index is 1.57. The summed E-state index contributed by atoms with van der Waals surface area (Å²) >= 11 is 2.03. The first-order chi connectivity index (χ1) is 8.75. The summed E-state index contributed by atoms with van der Waals surface area (Å²) in [6, 6.07) is 9.39. The van der Waals surface area contributed by atoms with Crippen LogP contribution in [0.2, 0.25) is 0 Å². The van der Waals surface area contributed by atoms with Crippen LogP contribution in [0.5, 0.6) is 0 Å². The SMILES string of the molecule is CC(C)NCCCNCC1Cc2ccccc2S1. The Morgan fingerprint density at radius 3 is 2.89 bits per heavy atom. The Hall–Kier alpha value is -0.510. The minimum absolute atomic E-state index is 0.602. The predicted octanol–water partition coefficient (Wildman–Crippen LogP) is 2.68. The molecule has 1 aromatic rings. The van der Waals surface area contributed by atoms with Crippen LogP contribution in [0.1, 0.15) is 25.8 Å². The first kappa shape index (κ1) is 13.9. The number of rotatable bonds is 7. The minimum atomic E-state index is 0.602. The van der Waals surface area contributed by atoms with E-state index in [2.05, 4.69) is 48.7 Å². The van der Waals surface area contributed by atoms with Gasteiger partial charge in [0.05, 0.1) is 0 Å². The topological polar surface area (TPSA) is 24.1 Å². The molecule has 1 unspecified atom stereocenters. The quantitative estimate of drug-likeness (QED) is 0.741. The minimum Gasteiger partial charge on any atom is -0.316 e. The standard InChI is InChI=1S/C15H24N2S/c1-12(2)17-9-5-8-16-11-14-10-13-6-3-4-7-15(13)18-14/h3-4,6-7,12,14,16-17H,5,8-11H2,1-2H3. The maximum atomic E-state index is 3.58. The Bertz CT molecular complexity index is 340. The van der Waals surface area contributed by atoms with Crippen LogP contribution in [0.4, 0.5) is 0 Å². The number of fused-ring (bicyclic) bond motifs is 1. The van der Waals surface area contributed by atoms with Crippen molar-refractivity contribution in [1.82, 2.24) is 10.6 Å². The van der Waals surface area contributed by atoms with Crippen LogP contribution < -0.4 is 10.6 Å². The van der Waals surface area contributed by atoms with Gasteiger partial charge in [0, 0.05) is 22.7 Å². The van der Waals surface area contributed by atoms with Gasteiger partial charge in [0.1, 0.15) is 0 Å².